The van der Waals surface area contributed by atoms with Gasteiger partial charge in [-0.25, -0.2) is 4.39 Å². The molecule has 0 saturated heterocycles. The fraction of sp³-hybridized carbons (Fsp3) is 0.222. The van der Waals surface area contributed by atoms with Gasteiger partial charge in [-0.2, -0.15) is 5.10 Å². The van der Waals surface area contributed by atoms with Crippen LogP contribution in [0.2, 0.25) is 0 Å². The SMILES string of the molecule is O=C(NCCCCOc1ccc(F)cc1)c1cc(-c2cccs2)[nH]n1. The van der Waals surface area contributed by atoms with Crippen LogP contribution in [0.4, 0.5) is 4.39 Å². The number of rotatable bonds is 8. The van der Waals surface area contributed by atoms with Gasteiger partial charge >= 0.3 is 0 Å². The van der Waals surface area contributed by atoms with Gasteiger partial charge in [0.25, 0.3) is 5.91 Å². The molecule has 130 valence electrons. The molecule has 0 unspecified atom stereocenters. The molecule has 0 aliphatic carbocycles. The zero-order valence-corrected chi connectivity index (χ0v) is 14.3. The fourth-order valence-electron chi connectivity index (χ4n) is 2.24. The molecule has 0 fully saturated rings. The van der Waals surface area contributed by atoms with Gasteiger partial charge in [0.2, 0.25) is 0 Å². The van der Waals surface area contributed by atoms with Crippen molar-refractivity contribution in [3.05, 3.63) is 59.4 Å². The minimum Gasteiger partial charge on any atom is -0.494 e. The standard InChI is InChI=1S/C18H18FN3O2S/c19-13-5-7-14(8-6-13)24-10-2-1-9-20-18(23)16-12-15(21-22-16)17-4-3-11-25-17/h3-8,11-12H,1-2,9-10H2,(H,20,23)(H,21,22). The van der Waals surface area contributed by atoms with E-state index in [1.165, 1.54) is 12.1 Å². The van der Waals surface area contributed by atoms with Crippen LogP contribution in [0.15, 0.2) is 47.8 Å². The number of aromatic nitrogens is 2. The Morgan fingerprint density at radius 2 is 2.08 bits per heavy atom. The number of carbonyl (C=O) groups excluding carboxylic acids is 1. The molecule has 0 spiro atoms. The monoisotopic (exact) mass is 359 g/mol. The van der Waals surface area contributed by atoms with E-state index in [9.17, 15) is 9.18 Å². The van der Waals surface area contributed by atoms with Crippen molar-refractivity contribution >= 4 is 17.2 Å². The van der Waals surface area contributed by atoms with Gasteiger partial charge in [-0.3, -0.25) is 9.89 Å². The molecule has 0 aliphatic rings. The Balaban J connectivity index is 1.35. The maximum absolute atomic E-state index is 12.8. The largest absolute Gasteiger partial charge is 0.494 e. The smallest absolute Gasteiger partial charge is 0.271 e. The summed E-state index contributed by atoms with van der Waals surface area (Å²) in [4.78, 5) is 13.1. The summed E-state index contributed by atoms with van der Waals surface area (Å²) >= 11 is 1.59. The molecule has 0 saturated carbocycles. The van der Waals surface area contributed by atoms with Crippen molar-refractivity contribution in [2.45, 2.75) is 12.8 Å². The second-order valence-electron chi connectivity index (χ2n) is 5.41. The van der Waals surface area contributed by atoms with Gasteiger partial charge in [0, 0.05) is 6.54 Å². The van der Waals surface area contributed by atoms with Crippen LogP contribution in [0.5, 0.6) is 5.75 Å². The van der Waals surface area contributed by atoms with Crippen LogP contribution in [-0.4, -0.2) is 29.3 Å². The first kappa shape index (κ1) is 17.2. The Morgan fingerprint density at radius 1 is 1.24 bits per heavy atom. The third-order valence-corrected chi connectivity index (χ3v) is 4.44. The number of benzene rings is 1. The van der Waals surface area contributed by atoms with E-state index in [0.717, 1.165) is 23.4 Å². The zero-order chi connectivity index (χ0) is 17.5. The highest BCUT2D eigenvalue weighted by molar-refractivity contribution is 7.13. The van der Waals surface area contributed by atoms with Crippen LogP contribution in [0.25, 0.3) is 10.6 Å². The van der Waals surface area contributed by atoms with Crippen molar-refractivity contribution in [2.24, 2.45) is 0 Å². The van der Waals surface area contributed by atoms with E-state index in [1.54, 1.807) is 29.5 Å². The third kappa shape index (κ3) is 4.90. The number of aromatic amines is 1. The molecule has 25 heavy (non-hydrogen) atoms. The minimum atomic E-state index is -0.282. The number of ether oxygens (including phenoxy) is 1. The lowest BCUT2D eigenvalue weighted by molar-refractivity contribution is 0.0947. The summed E-state index contributed by atoms with van der Waals surface area (Å²) in [5, 5.41) is 11.7. The van der Waals surface area contributed by atoms with E-state index < -0.39 is 0 Å². The third-order valence-electron chi connectivity index (χ3n) is 3.54. The van der Waals surface area contributed by atoms with E-state index >= 15 is 0 Å². The highest BCUT2D eigenvalue weighted by Crippen LogP contribution is 2.22. The van der Waals surface area contributed by atoms with E-state index in [0.29, 0.717) is 24.6 Å². The number of carbonyl (C=O) groups is 1. The van der Waals surface area contributed by atoms with Crippen LogP contribution in [0, 0.1) is 5.82 Å². The minimum absolute atomic E-state index is 0.196. The molecular weight excluding hydrogens is 341 g/mol. The van der Waals surface area contributed by atoms with Crippen LogP contribution in [0.1, 0.15) is 23.3 Å². The Labute approximate surface area is 148 Å². The first-order valence-corrected chi connectivity index (χ1v) is 8.86. The van der Waals surface area contributed by atoms with Crippen LogP contribution >= 0.6 is 11.3 Å². The Hall–Kier alpha value is -2.67. The topological polar surface area (TPSA) is 67.0 Å². The van der Waals surface area contributed by atoms with E-state index in [4.69, 9.17) is 4.74 Å². The van der Waals surface area contributed by atoms with E-state index in [2.05, 4.69) is 15.5 Å². The summed E-state index contributed by atoms with van der Waals surface area (Å²) in [6.45, 7) is 1.07. The van der Waals surface area contributed by atoms with Crippen LogP contribution < -0.4 is 10.1 Å². The van der Waals surface area contributed by atoms with Crippen molar-refractivity contribution in [3.8, 4) is 16.3 Å². The number of nitrogens with one attached hydrogen (secondary N) is 2. The fourth-order valence-corrected chi connectivity index (χ4v) is 2.93. The molecule has 0 atom stereocenters. The number of hydrogen-bond donors (Lipinski definition) is 2. The Bertz CT molecular complexity index is 800. The van der Waals surface area contributed by atoms with Gasteiger partial charge in [0.05, 0.1) is 17.2 Å². The maximum Gasteiger partial charge on any atom is 0.271 e. The molecule has 2 N–H and O–H groups in total. The summed E-state index contributed by atoms with van der Waals surface area (Å²) in [5.74, 6) is 0.164. The first-order valence-electron chi connectivity index (χ1n) is 7.98. The summed E-state index contributed by atoms with van der Waals surface area (Å²) < 4.78 is 18.3. The molecule has 5 nitrogen and oxygen atoms in total. The number of thiophene rings is 1. The molecule has 3 rings (SSSR count). The first-order chi connectivity index (χ1) is 12.2. The molecule has 2 aromatic heterocycles. The van der Waals surface area contributed by atoms with Gasteiger partial charge < -0.3 is 10.1 Å². The Morgan fingerprint density at radius 3 is 2.84 bits per heavy atom. The predicted octanol–water partition coefficient (Wildman–Crippen LogP) is 3.87. The van der Waals surface area contributed by atoms with Crippen molar-refractivity contribution < 1.29 is 13.9 Å². The summed E-state index contributed by atoms with van der Waals surface area (Å²) in [6, 6.07) is 11.6. The van der Waals surface area contributed by atoms with Crippen LogP contribution in [-0.2, 0) is 0 Å². The average molecular weight is 359 g/mol. The molecule has 2 heterocycles. The number of H-pyrrole nitrogens is 1. The molecule has 7 heteroatoms. The summed E-state index contributed by atoms with van der Waals surface area (Å²) in [7, 11) is 0. The van der Waals surface area contributed by atoms with Crippen molar-refractivity contribution in [3.63, 3.8) is 0 Å². The predicted molar refractivity (Wildman–Crippen MR) is 95.4 cm³/mol. The Kier molecular flexibility index (Phi) is 5.79. The van der Waals surface area contributed by atoms with Gasteiger partial charge in [-0.05, 0) is 54.6 Å². The molecule has 0 aliphatic heterocycles. The average Bonchev–Trinajstić information content (AvgIpc) is 3.30. The number of nitrogens with zero attached hydrogens (tertiary/aromatic N) is 1. The highest BCUT2D eigenvalue weighted by Gasteiger charge is 2.11. The van der Waals surface area contributed by atoms with Gasteiger partial charge in [-0.1, -0.05) is 6.07 Å². The molecule has 1 aromatic carbocycles. The number of amides is 1. The van der Waals surface area contributed by atoms with Gasteiger partial charge in [0.1, 0.15) is 11.6 Å². The summed E-state index contributed by atoms with van der Waals surface area (Å²) in [6.07, 6.45) is 1.58. The second kappa shape index (κ2) is 8.43. The van der Waals surface area contributed by atoms with Crippen LogP contribution in [0.3, 0.4) is 0 Å². The van der Waals surface area contributed by atoms with Gasteiger partial charge in [-0.15, -0.1) is 11.3 Å². The lowest BCUT2D eigenvalue weighted by Crippen LogP contribution is -2.25. The van der Waals surface area contributed by atoms with E-state index in [-0.39, 0.29) is 11.7 Å². The highest BCUT2D eigenvalue weighted by atomic mass is 32.1. The lowest BCUT2D eigenvalue weighted by atomic mass is 10.3. The quantitative estimate of drug-likeness (QED) is 0.600. The van der Waals surface area contributed by atoms with Crippen molar-refractivity contribution in [1.29, 1.82) is 0 Å². The molecule has 0 radical (unpaired) electrons. The molecular formula is C18H18FN3O2S. The maximum atomic E-state index is 12.8. The number of halogens is 1. The lowest BCUT2D eigenvalue weighted by Gasteiger charge is -2.06. The molecule has 3 aromatic rings. The number of unbranched alkanes of at least 4 members (excludes halogenated alkanes) is 1. The summed E-state index contributed by atoms with van der Waals surface area (Å²) in [5.41, 5.74) is 1.22. The van der Waals surface area contributed by atoms with Crippen molar-refractivity contribution in [1.82, 2.24) is 15.5 Å². The zero-order valence-electron chi connectivity index (χ0n) is 13.5. The number of hydrogen-bond acceptors (Lipinski definition) is 4. The van der Waals surface area contributed by atoms with Crippen molar-refractivity contribution in [2.75, 3.05) is 13.2 Å². The normalized spacial score (nSPS) is 10.6. The van der Waals surface area contributed by atoms with E-state index in [1.807, 2.05) is 17.5 Å². The van der Waals surface area contributed by atoms with Gasteiger partial charge in [0.15, 0.2) is 5.69 Å². The molecule has 0 bridgehead atoms. The molecule has 1 amide bonds. The second-order valence-corrected chi connectivity index (χ2v) is 6.36.